The monoisotopic (exact) mass is 231 g/mol. The van der Waals surface area contributed by atoms with Crippen molar-refractivity contribution in [2.45, 2.75) is 6.54 Å². The third kappa shape index (κ3) is 1.78. The van der Waals surface area contributed by atoms with E-state index in [4.69, 9.17) is 0 Å². The first-order valence-corrected chi connectivity index (χ1v) is 6.10. The van der Waals surface area contributed by atoms with Gasteiger partial charge in [0, 0.05) is 51.0 Å². The van der Waals surface area contributed by atoms with E-state index in [2.05, 4.69) is 22.3 Å². The van der Waals surface area contributed by atoms with Gasteiger partial charge in [0.15, 0.2) is 0 Å². The molecule has 0 unspecified atom stereocenters. The SMILES string of the molecule is CN1Cc2cc(N3CCNCC3)ccc2C1=O. The van der Waals surface area contributed by atoms with Crippen molar-refractivity contribution in [3.63, 3.8) is 0 Å². The summed E-state index contributed by atoms with van der Waals surface area (Å²) in [5, 5.41) is 3.35. The van der Waals surface area contributed by atoms with E-state index in [1.807, 2.05) is 13.1 Å². The number of fused-ring (bicyclic) bond motifs is 1. The fraction of sp³-hybridized carbons (Fsp3) is 0.462. The van der Waals surface area contributed by atoms with Crippen LogP contribution < -0.4 is 10.2 Å². The molecule has 1 aromatic carbocycles. The number of piperazine rings is 1. The Balaban J connectivity index is 1.89. The van der Waals surface area contributed by atoms with Gasteiger partial charge in [-0.3, -0.25) is 4.79 Å². The van der Waals surface area contributed by atoms with Crippen molar-refractivity contribution in [1.82, 2.24) is 10.2 Å². The van der Waals surface area contributed by atoms with E-state index in [0.29, 0.717) is 0 Å². The van der Waals surface area contributed by atoms with Crippen LogP contribution in [0, 0.1) is 0 Å². The summed E-state index contributed by atoms with van der Waals surface area (Å²) in [4.78, 5) is 15.9. The highest BCUT2D eigenvalue weighted by Crippen LogP contribution is 2.26. The molecule has 4 nitrogen and oxygen atoms in total. The van der Waals surface area contributed by atoms with Crippen LogP contribution in [0.25, 0.3) is 0 Å². The maximum atomic E-state index is 11.8. The van der Waals surface area contributed by atoms with Crippen LogP contribution >= 0.6 is 0 Å². The number of carbonyl (C=O) groups is 1. The van der Waals surface area contributed by atoms with Gasteiger partial charge in [-0.2, -0.15) is 0 Å². The number of hydrogen-bond acceptors (Lipinski definition) is 3. The molecule has 2 heterocycles. The molecule has 2 aliphatic rings. The summed E-state index contributed by atoms with van der Waals surface area (Å²) in [7, 11) is 1.85. The summed E-state index contributed by atoms with van der Waals surface area (Å²) < 4.78 is 0. The van der Waals surface area contributed by atoms with Gasteiger partial charge in [0.2, 0.25) is 0 Å². The van der Waals surface area contributed by atoms with Crippen LogP contribution in [0.4, 0.5) is 5.69 Å². The number of benzene rings is 1. The van der Waals surface area contributed by atoms with Crippen LogP contribution in [-0.2, 0) is 6.54 Å². The summed E-state index contributed by atoms with van der Waals surface area (Å²) in [6, 6.07) is 6.21. The molecule has 0 atom stereocenters. The fourth-order valence-electron chi connectivity index (χ4n) is 2.57. The van der Waals surface area contributed by atoms with Crippen molar-refractivity contribution in [2.24, 2.45) is 0 Å². The minimum Gasteiger partial charge on any atom is -0.369 e. The van der Waals surface area contributed by atoms with Gasteiger partial charge in [0.05, 0.1) is 0 Å². The highest BCUT2D eigenvalue weighted by atomic mass is 16.2. The summed E-state index contributed by atoms with van der Waals surface area (Å²) in [6.45, 7) is 4.91. The van der Waals surface area contributed by atoms with E-state index in [1.54, 1.807) is 4.90 Å². The Morgan fingerprint density at radius 3 is 2.76 bits per heavy atom. The predicted octanol–water partition coefficient (Wildman–Crippen LogP) is 0.682. The lowest BCUT2D eigenvalue weighted by atomic mass is 10.1. The zero-order valence-electron chi connectivity index (χ0n) is 10.1. The van der Waals surface area contributed by atoms with Crippen molar-refractivity contribution < 1.29 is 4.79 Å². The second-order valence-corrected chi connectivity index (χ2v) is 4.74. The highest BCUT2D eigenvalue weighted by Gasteiger charge is 2.25. The molecule has 4 heteroatoms. The molecule has 1 fully saturated rings. The van der Waals surface area contributed by atoms with Gasteiger partial charge in [0.1, 0.15) is 0 Å². The smallest absolute Gasteiger partial charge is 0.254 e. The fourth-order valence-corrected chi connectivity index (χ4v) is 2.57. The molecule has 3 rings (SSSR count). The third-order valence-corrected chi connectivity index (χ3v) is 3.56. The molecular formula is C13H17N3O. The Hall–Kier alpha value is -1.55. The van der Waals surface area contributed by atoms with Crippen molar-refractivity contribution in [2.75, 3.05) is 38.1 Å². The van der Waals surface area contributed by atoms with Gasteiger partial charge in [-0.15, -0.1) is 0 Å². The molecule has 17 heavy (non-hydrogen) atoms. The Bertz CT molecular complexity index is 452. The Morgan fingerprint density at radius 1 is 1.24 bits per heavy atom. The zero-order chi connectivity index (χ0) is 11.8. The molecular weight excluding hydrogens is 214 g/mol. The van der Waals surface area contributed by atoms with Crippen LogP contribution in [0.5, 0.6) is 0 Å². The second-order valence-electron chi connectivity index (χ2n) is 4.74. The molecule has 0 spiro atoms. The number of amides is 1. The van der Waals surface area contributed by atoms with Crippen molar-refractivity contribution in [3.8, 4) is 0 Å². The largest absolute Gasteiger partial charge is 0.369 e. The van der Waals surface area contributed by atoms with Crippen LogP contribution in [0.3, 0.4) is 0 Å². The second kappa shape index (κ2) is 4.04. The van der Waals surface area contributed by atoms with E-state index in [1.165, 1.54) is 5.69 Å². The van der Waals surface area contributed by atoms with Crippen LogP contribution in [0.2, 0.25) is 0 Å². The highest BCUT2D eigenvalue weighted by molar-refractivity contribution is 5.98. The van der Waals surface area contributed by atoms with Gasteiger partial charge < -0.3 is 15.1 Å². The van der Waals surface area contributed by atoms with Crippen LogP contribution in [-0.4, -0.2) is 44.0 Å². The Morgan fingerprint density at radius 2 is 2.00 bits per heavy atom. The Labute approximate surface area is 101 Å². The van der Waals surface area contributed by atoms with Gasteiger partial charge in [-0.1, -0.05) is 0 Å². The first kappa shape index (κ1) is 10.6. The predicted molar refractivity (Wildman–Crippen MR) is 67.3 cm³/mol. The van der Waals surface area contributed by atoms with E-state index in [0.717, 1.165) is 43.9 Å². The number of nitrogens with zero attached hydrogens (tertiary/aromatic N) is 2. The normalized spacial score (nSPS) is 19.7. The molecule has 0 saturated carbocycles. The van der Waals surface area contributed by atoms with E-state index >= 15 is 0 Å². The maximum absolute atomic E-state index is 11.8. The zero-order valence-corrected chi connectivity index (χ0v) is 10.1. The number of hydrogen-bond donors (Lipinski definition) is 1. The van der Waals surface area contributed by atoms with Crippen molar-refractivity contribution in [3.05, 3.63) is 29.3 Å². The molecule has 90 valence electrons. The molecule has 0 aromatic heterocycles. The lowest BCUT2D eigenvalue weighted by molar-refractivity contribution is 0.0816. The van der Waals surface area contributed by atoms with E-state index in [9.17, 15) is 4.79 Å². The van der Waals surface area contributed by atoms with Gasteiger partial charge in [-0.05, 0) is 23.8 Å². The third-order valence-electron chi connectivity index (χ3n) is 3.56. The molecule has 0 bridgehead atoms. The summed E-state index contributed by atoms with van der Waals surface area (Å²) in [6.07, 6.45) is 0. The lowest BCUT2D eigenvalue weighted by Gasteiger charge is -2.29. The quantitative estimate of drug-likeness (QED) is 0.772. The molecule has 1 saturated heterocycles. The molecule has 1 aromatic rings. The topological polar surface area (TPSA) is 35.6 Å². The number of carbonyl (C=O) groups excluding carboxylic acids is 1. The number of anilines is 1. The minimum absolute atomic E-state index is 0.145. The summed E-state index contributed by atoms with van der Waals surface area (Å²) in [5.74, 6) is 0.145. The maximum Gasteiger partial charge on any atom is 0.254 e. The van der Waals surface area contributed by atoms with Gasteiger partial charge in [0.25, 0.3) is 5.91 Å². The van der Waals surface area contributed by atoms with E-state index in [-0.39, 0.29) is 5.91 Å². The van der Waals surface area contributed by atoms with Crippen LogP contribution in [0.1, 0.15) is 15.9 Å². The molecule has 1 N–H and O–H groups in total. The van der Waals surface area contributed by atoms with Crippen LogP contribution in [0.15, 0.2) is 18.2 Å². The van der Waals surface area contributed by atoms with Crippen molar-refractivity contribution in [1.29, 1.82) is 0 Å². The minimum atomic E-state index is 0.145. The summed E-state index contributed by atoms with van der Waals surface area (Å²) in [5.41, 5.74) is 3.27. The average molecular weight is 231 g/mol. The average Bonchev–Trinajstić information content (AvgIpc) is 2.66. The molecule has 2 aliphatic heterocycles. The molecule has 0 aliphatic carbocycles. The van der Waals surface area contributed by atoms with Gasteiger partial charge in [-0.25, -0.2) is 0 Å². The first-order valence-electron chi connectivity index (χ1n) is 6.10. The standard InChI is InChI=1S/C13H17N3O/c1-15-9-10-8-11(2-3-12(10)13(15)17)16-6-4-14-5-7-16/h2-3,8,14H,4-7,9H2,1H3. The number of rotatable bonds is 1. The molecule has 0 radical (unpaired) electrons. The number of nitrogens with one attached hydrogen (secondary N) is 1. The first-order chi connectivity index (χ1) is 8.25. The van der Waals surface area contributed by atoms with Gasteiger partial charge >= 0.3 is 0 Å². The van der Waals surface area contributed by atoms with E-state index < -0.39 is 0 Å². The summed E-state index contributed by atoms with van der Waals surface area (Å²) >= 11 is 0. The lowest BCUT2D eigenvalue weighted by Crippen LogP contribution is -2.43. The van der Waals surface area contributed by atoms with Crippen molar-refractivity contribution >= 4 is 11.6 Å². The molecule has 1 amide bonds. The Kier molecular flexibility index (Phi) is 2.52.